The van der Waals surface area contributed by atoms with Crippen LogP contribution in [-0.2, 0) is 4.74 Å². The predicted octanol–water partition coefficient (Wildman–Crippen LogP) is 4.32. The summed E-state index contributed by atoms with van der Waals surface area (Å²) in [6.07, 6.45) is 8.58. The third-order valence-corrected chi connectivity index (χ3v) is 5.01. The highest BCUT2D eigenvalue weighted by Gasteiger charge is 2.26. The van der Waals surface area contributed by atoms with Crippen molar-refractivity contribution in [2.75, 3.05) is 19.9 Å². The lowest BCUT2D eigenvalue weighted by Gasteiger charge is -2.28. The van der Waals surface area contributed by atoms with Gasteiger partial charge in [-0.2, -0.15) is 0 Å². The van der Waals surface area contributed by atoms with Crippen molar-refractivity contribution in [1.82, 2.24) is 9.88 Å². The molecule has 2 unspecified atom stereocenters. The fourth-order valence-corrected chi connectivity index (χ4v) is 3.60. The Morgan fingerprint density at radius 3 is 2.77 bits per heavy atom. The molecule has 0 radical (unpaired) electrons. The quantitative estimate of drug-likeness (QED) is 0.896. The maximum absolute atomic E-state index is 5.60. The molecule has 0 bridgehead atoms. The lowest BCUT2D eigenvalue weighted by atomic mass is 9.84. The Labute approximate surface area is 135 Å². The zero-order valence-electron chi connectivity index (χ0n) is 14.5. The highest BCUT2D eigenvalue weighted by Crippen LogP contribution is 2.36. The van der Waals surface area contributed by atoms with E-state index in [-0.39, 0.29) is 0 Å². The van der Waals surface area contributed by atoms with E-state index in [9.17, 15) is 0 Å². The largest absolute Gasteiger partial charge is 0.366 e. The molecule has 1 aromatic rings. The molecule has 1 N–H and O–H groups in total. The van der Waals surface area contributed by atoms with Crippen molar-refractivity contribution in [2.45, 2.75) is 46.5 Å². The Morgan fingerprint density at radius 2 is 2.09 bits per heavy atom. The van der Waals surface area contributed by atoms with E-state index in [1.165, 1.54) is 28.9 Å². The highest BCUT2D eigenvalue weighted by atomic mass is 16.5. The summed E-state index contributed by atoms with van der Waals surface area (Å²) in [6, 6.07) is 0. The topological polar surface area (TPSA) is 26.2 Å². The van der Waals surface area contributed by atoms with E-state index >= 15 is 0 Å². The van der Waals surface area contributed by atoms with Crippen LogP contribution in [0.5, 0.6) is 0 Å². The summed E-state index contributed by atoms with van der Waals surface area (Å²) >= 11 is 0. The maximum atomic E-state index is 5.60. The molecule has 2 rings (SSSR count). The molecule has 0 saturated carbocycles. The van der Waals surface area contributed by atoms with Crippen LogP contribution >= 0.6 is 0 Å². The summed E-state index contributed by atoms with van der Waals surface area (Å²) in [6.45, 7) is 15.4. The predicted molar refractivity (Wildman–Crippen MR) is 95.0 cm³/mol. The molecule has 1 aromatic heterocycles. The summed E-state index contributed by atoms with van der Waals surface area (Å²) in [5, 5.41) is 3.35. The van der Waals surface area contributed by atoms with Crippen LogP contribution in [0.25, 0.3) is 12.3 Å². The van der Waals surface area contributed by atoms with E-state index < -0.39 is 0 Å². The van der Waals surface area contributed by atoms with E-state index in [4.69, 9.17) is 4.74 Å². The first kappa shape index (κ1) is 17.0. The van der Waals surface area contributed by atoms with Crippen molar-refractivity contribution < 1.29 is 4.74 Å². The van der Waals surface area contributed by atoms with Crippen molar-refractivity contribution in [3.8, 4) is 0 Å². The second-order valence-electron chi connectivity index (χ2n) is 6.26. The molecule has 1 saturated heterocycles. The van der Waals surface area contributed by atoms with Crippen molar-refractivity contribution in [1.29, 1.82) is 0 Å². The zero-order chi connectivity index (χ0) is 16.1. The van der Waals surface area contributed by atoms with Gasteiger partial charge in [-0.1, -0.05) is 19.6 Å². The third-order valence-electron chi connectivity index (χ3n) is 5.01. The fraction of sp³-hybridized carbons (Fsp3) is 0.579. The number of nitrogens with zero attached hydrogens (tertiary/aromatic N) is 1. The molecular formula is C19H30N2O. The van der Waals surface area contributed by atoms with Crippen LogP contribution in [0.3, 0.4) is 0 Å². The van der Waals surface area contributed by atoms with Gasteiger partial charge in [0.2, 0.25) is 0 Å². The number of ether oxygens (including phenoxy) is 1. The van der Waals surface area contributed by atoms with Crippen LogP contribution in [0.15, 0.2) is 12.7 Å². The summed E-state index contributed by atoms with van der Waals surface area (Å²) in [4.78, 5) is 0. The molecule has 2 heterocycles. The molecular weight excluding hydrogens is 272 g/mol. The molecule has 1 aliphatic rings. The smallest absolute Gasteiger partial charge is 0.0965 e. The summed E-state index contributed by atoms with van der Waals surface area (Å²) < 4.78 is 7.93. The summed E-state index contributed by atoms with van der Waals surface area (Å²) in [7, 11) is 0. The van der Waals surface area contributed by atoms with Gasteiger partial charge < -0.3 is 9.30 Å². The van der Waals surface area contributed by atoms with Crippen LogP contribution in [-0.4, -0.2) is 24.4 Å². The van der Waals surface area contributed by atoms with Crippen LogP contribution in [0.1, 0.15) is 55.1 Å². The highest BCUT2D eigenvalue weighted by molar-refractivity contribution is 5.58. The summed E-state index contributed by atoms with van der Waals surface area (Å²) in [5.74, 6) is 1.15. The van der Waals surface area contributed by atoms with Crippen LogP contribution in [0, 0.1) is 19.8 Å². The number of rotatable bonds is 4. The lowest BCUT2D eigenvalue weighted by molar-refractivity contribution is 0.0843. The first-order valence-corrected chi connectivity index (χ1v) is 8.36. The number of hydrogen-bond acceptors (Lipinski definition) is 2. The monoisotopic (exact) mass is 302 g/mol. The van der Waals surface area contributed by atoms with Gasteiger partial charge in [-0.25, -0.2) is 0 Å². The first-order valence-electron chi connectivity index (χ1n) is 8.36. The fourth-order valence-electron chi connectivity index (χ4n) is 3.60. The van der Waals surface area contributed by atoms with Crippen LogP contribution in [0.2, 0.25) is 0 Å². The molecule has 3 heteroatoms. The minimum Gasteiger partial charge on any atom is -0.366 e. The minimum absolute atomic E-state index is 0.507. The molecule has 0 spiro atoms. The Morgan fingerprint density at radius 1 is 1.32 bits per heavy atom. The van der Waals surface area contributed by atoms with Gasteiger partial charge in [-0.3, -0.25) is 5.32 Å². The third kappa shape index (κ3) is 3.36. The number of hydrogen-bond donors (Lipinski definition) is 1. The van der Waals surface area contributed by atoms with Gasteiger partial charge in [-0.15, -0.1) is 0 Å². The van der Waals surface area contributed by atoms with Gasteiger partial charge in [0.05, 0.1) is 6.73 Å². The van der Waals surface area contributed by atoms with E-state index in [1.807, 2.05) is 6.08 Å². The Hall–Kier alpha value is -1.32. The zero-order valence-corrected chi connectivity index (χ0v) is 14.5. The molecule has 22 heavy (non-hydrogen) atoms. The van der Waals surface area contributed by atoms with Crippen molar-refractivity contribution in [3.05, 3.63) is 35.2 Å². The number of aromatic nitrogens is 1. The van der Waals surface area contributed by atoms with Crippen molar-refractivity contribution >= 4 is 12.3 Å². The number of allylic oxidation sites excluding steroid dienone is 1. The van der Waals surface area contributed by atoms with Crippen LogP contribution in [0.4, 0.5) is 0 Å². The SMILES string of the molecule is C=Cc1c(C)c(C)c(C(C)C2CCNCOCC2)n1/C=C\C. The Balaban J connectivity index is 2.38. The van der Waals surface area contributed by atoms with E-state index in [0.29, 0.717) is 18.6 Å². The molecule has 3 nitrogen and oxygen atoms in total. The molecule has 1 fully saturated rings. The average molecular weight is 302 g/mol. The Bertz CT molecular complexity index is 534. The second kappa shape index (κ2) is 7.80. The second-order valence-corrected chi connectivity index (χ2v) is 6.26. The van der Waals surface area contributed by atoms with Gasteiger partial charge in [0.25, 0.3) is 0 Å². The Kier molecular flexibility index (Phi) is 6.04. The lowest BCUT2D eigenvalue weighted by Crippen LogP contribution is -2.28. The van der Waals surface area contributed by atoms with Crippen LogP contribution < -0.4 is 5.32 Å². The molecule has 0 aliphatic carbocycles. The molecule has 1 aliphatic heterocycles. The number of nitrogens with one attached hydrogen (secondary N) is 1. The van der Waals surface area contributed by atoms with Crippen molar-refractivity contribution in [3.63, 3.8) is 0 Å². The van der Waals surface area contributed by atoms with Gasteiger partial charge in [0.1, 0.15) is 0 Å². The molecule has 0 amide bonds. The van der Waals surface area contributed by atoms with Crippen molar-refractivity contribution in [2.24, 2.45) is 5.92 Å². The first-order chi connectivity index (χ1) is 10.6. The molecule has 0 aromatic carbocycles. The summed E-state index contributed by atoms with van der Waals surface area (Å²) in [5.41, 5.74) is 5.39. The average Bonchev–Trinajstić information content (AvgIpc) is 2.70. The molecule has 2 atom stereocenters. The minimum atomic E-state index is 0.507. The van der Waals surface area contributed by atoms with E-state index in [2.05, 4.69) is 56.4 Å². The van der Waals surface area contributed by atoms with E-state index in [1.54, 1.807) is 0 Å². The normalized spacial score (nSPS) is 21.5. The standard InChI is InChI=1S/C19H30N2O/c1-6-11-21-18(7-2)14(3)15(4)19(21)16(5)17-8-10-20-13-22-12-9-17/h6-7,11,16-17,20H,2,8-10,12-13H2,1,3-5H3/b11-6-. The van der Waals surface area contributed by atoms with Gasteiger partial charge in [-0.05, 0) is 69.2 Å². The van der Waals surface area contributed by atoms with Gasteiger partial charge in [0, 0.05) is 24.2 Å². The maximum Gasteiger partial charge on any atom is 0.0965 e. The van der Waals surface area contributed by atoms with Gasteiger partial charge >= 0.3 is 0 Å². The molecule has 122 valence electrons. The van der Waals surface area contributed by atoms with Gasteiger partial charge in [0.15, 0.2) is 0 Å². The van der Waals surface area contributed by atoms with E-state index in [0.717, 1.165) is 19.6 Å².